The number of carbonyl (C=O) groups is 1. The van der Waals surface area contributed by atoms with E-state index in [-0.39, 0.29) is 5.91 Å². The molecule has 0 aromatic carbocycles. The Bertz CT molecular complexity index is 459. The molecule has 4 nitrogen and oxygen atoms in total. The normalized spacial score (nSPS) is 17.3. The summed E-state index contributed by atoms with van der Waals surface area (Å²) in [6, 6.07) is 1.92. The van der Waals surface area contributed by atoms with Crippen LogP contribution in [0.1, 0.15) is 47.9 Å². The van der Waals surface area contributed by atoms with Gasteiger partial charge in [0, 0.05) is 24.5 Å². The molecule has 0 unspecified atom stereocenters. The van der Waals surface area contributed by atoms with Crippen LogP contribution in [0.5, 0.6) is 0 Å². The van der Waals surface area contributed by atoms with Gasteiger partial charge in [-0.2, -0.15) is 0 Å². The number of nitrogens with one attached hydrogen (secondary N) is 1. The lowest BCUT2D eigenvalue weighted by atomic mass is 9.80. The van der Waals surface area contributed by atoms with E-state index >= 15 is 0 Å². The summed E-state index contributed by atoms with van der Waals surface area (Å²) in [5.74, 6) is -0.0804. The van der Waals surface area contributed by atoms with Gasteiger partial charge in [0.25, 0.3) is 5.91 Å². The van der Waals surface area contributed by atoms with Crippen LogP contribution in [-0.2, 0) is 6.54 Å². The van der Waals surface area contributed by atoms with Gasteiger partial charge in [-0.05, 0) is 46.1 Å². The molecule has 100 valence electrons. The van der Waals surface area contributed by atoms with E-state index in [1.54, 1.807) is 0 Å². The van der Waals surface area contributed by atoms with Gasteiger partial charge in [0.1, 0.15) is 0 Å². The van der Waals surface area contributed by atoms with Gasteiger partial charge >= 0.3 is 0 Å². The first-order chi connectivity index (χ1) is 8.47. The number of nitrogens with zero attached hydrogens (tertiary/aromatic N) is 1. The van der Waals surface area contributed by atoms with Crippen LogP contribution in [0.15, 0.2) is 6.07 Å². The zero-order valence-electron chi connectivity index (χ0n) is 11.4. The molecule has 0 bridgehead atoms. The van der Waals surface area contributed by atoms with Crippen molar-refractivity contribution in [2.75, 3.05) is 6.54 Å². The van der Waals surface area contributed by atoms with Gasteiger partial charge in [0.2, 0.25) is 0 Å². The number of aromatic nitrogens is 1. The molecule has 1 aliphatic rings. The Morgan fingerprint density at radius 1 is 1.50 bits per heavy atom. The Balaban J connectivity index is 2.04. The Hall–Kier alpha value is -1.29. The zero-order chi connectivity index (χ0) is 13.3. The molecule has 0 saturated heterocycles. The third-order valence-electron chi connectivity index (χ3n) is 4.00. The van der Waals surface area contributed by atoms with Gasteiger partial charge < -0.3 is 15.0 Å². The fraction of sp³-hybridized carbons (Fsp3) is 0.643. The van der Waals surface area contributed by atoms with E-state index in [0.29, 0.717) is 6.54 Å². The van der Waals surface area contributed by atoms with Crippen molar-refractivity contribution >= 4 is 5.91 Å². The largest absolute Gasteiger partial charge is 0.388 e. The van der Waals surface area contributed by atoms with E-state index in [4.69, 9.17) is 0 Å². The van der Waals surface area contributed by atoms with Crippen LogP contribution >= 0.6 is 0 Å². The maximum Gasteiger partial charge on any atom is 0.253 e. The molecule has 1 fully saturated rings. The lowest BCUT2D eigenvalue weighted by Crippen LogP contribution is -2.47. The van der Waals surface area contributed by atoms with Gasteiger partial charge in [0.15, 0.2) is 0 Å². The van der Waals surface area contributed by atoms with E-state index in [9.17, 15) is 9.90 Å². The minimum Gasteiger partial charge on any atom is -0.388 e. The van der Waals surface area contributed by atoms with Crippen LogP contribution in [0.2, 0.25) is 0 Å². The summed E-state index contributed by atoms with van der Waals surface area (Å²) in [6.07, 6.45) is 2.64. The Kier molecular flexibility index (Phi) is 3.48. The van der Waals surface area contributed by atoms with Crippen molar-refractivity contribution in [3.8, 4) is 0 Å². The lowest BCUT2D eigenvalue weighted by molar-refractivity contribution is -0.0300. The molecule has 1 aromatic heterocycles. The molecule has 2 N–H and O–H groups in total. The second-order valence-electron chi connectivity index (χ2n) is 5.29. The Labute approximate surface area is 108 Å². The lowest BCUT2D eigenvalue weighted by Gasteiger charge is -2.36. The molecule has 1 amide bonds. The van der Waals surface area contributed by atoms with Crippen molar-refractivity contribution in [2.24, 2.45) is 0 Å². The van der Waals surface area contributed by atoms with Gasteiger partial charge in [-0.25, -0.2) is 0 Å². The summed E-state index contributed by atoms with van der Waals surface area (Å²) < 4.78 is 2.12. The number of carbonyl (C=O) groups excluding carboxylic acids is 1. The highest BCUT2D eigenvalue weighted by atomic mass is 16.3. The summed E-state index contributed by atoms with van der Waals surface area (Å²) in [5, 5.41) is 12.8. The first-order valence-electron chi connectivity index (χ1n) is 6.64. The summed E-state index contributed by atoms with van der Waals surface area (Å²) in [7, 11) is 0. The summed E-state index contributed by atoms with van der Waals surface area (Å²) >= 11 is 0. The maximum atomic E-state index is 12.1. The predicted molar refractivity (Wildman–Crippen MR) is 70.7 cm³/mol. The Morgan fingerprint density at radius 3 is 2.61 bits per heavy atom. The number of hydrogen-bond donors (Lipinski definition) is 2. The average Bonchev–Trinajstić information content (AvgIpc) is 2.59. The molecule has 1 aromatic rings. The van der Waals surface area contributed by atoms with Gasteiger partial charge in [-0.3, -0.25) is 4.79 Å². The minimum absolute atomic E-state index is 0.0804. The van der Waals surface area contributed by atoms with Crippen LogP contribution in [0.25, 0.3) is 0 Å². The average molecular weight is 250 g/mol. The van der Waals surface area contributed by atoms with E-state index in [2.05, 4.69) is 16.8 Å². The van der Waals surface area contributed by atoms with E-state index in [1.165, 1.54) is 0 Å². The van der Waals surface area contributed by atoms with Crippen LogP contribution < -0.4 is 5.32 Å². The number of amides is 1. The fourth-order valence-electron chi connectivity index (χ4n) is 2.62. The first-order valence-corrected chi connectivity index (χ1v) is 6.64. The smallest absolute Gasteiger partial charge is 0.253 e. The maximum absolute atomic E-state index is 12.1. The molecule has 1 saturated carbocycles. The van der Waals surface area contributed by atoms with Gasteiger partial charge in [-0.15, -0.1) is 0 Å². The van der Waals surface area contributed by atoms with Crippen molar-refractivity contribution in [3.05, 3.63) is 23.0 Å². The zero-order valence-corrected chi connectivity index (χ0v) is 11.4. The standard InChI is InChI=1S/C14H22N2O2/c1-4-16-10(2)8-12(11(16)3)13(17)15-9-14(18)6-5-7-14/h8,18H,4-7,9H2,1-3H3,(H,15,17). The SMILES string of the molecule is CCn1c(C)cc(C(=O)NCC2(O)CCC2)c1C. The third-order valence-corrected chi connectivity index (χ3v) is 4.00. The summed E-state index contributed by atoms with van der Waals surface area (Å²) in [4.78, 5) is 12.1. The molecule has 18 heavy (non-hydrogen) atoms. The molecule has 0 atom stereocenters. The third kappa shape index (κ3) is 2.29. The molecule has 0 spiro atoms. The topological polar surface area (TPSA) is 54.3 Å². The molecule has 1 aliphatic carbocycles. The molecule has 0 aliphatic heterocycles. The second-order valence-corrected chi connectivity index (χ2v) is 5.29. The quantitative estimate of drug-likeness (QED) is 0.855. The van der Waals surface area contributed by atoms with Crippen molar-refractivity contribution in [2.45, 2.75) is 52.2 Å². The predicted octanol–water partition coefficient (Wildman–Crippen LogP) is 1.77. The highest BCUT2D eigenvalue weighted by Gasteiger charge is 2.34. The number of aliphatic hydroxyl groups is 1. The fourth-order valence-corrected chi connectivity index (χ4v) is 2.62. The molecule has 4 heteroatoms. The molecule has 1 heterocycles. The number of aryl methyl sites for hydroxylation is 1. The molecule has 2 rings (SSSR count). The van der Waals surface area contributed by atoms with E-state index in [1.807, 2.05) is 19.9 Å². The highest BCUT2D eigenvalue weighted by Crippen LogP contribution is 2.30. The monoisotopic (exact) mass is 250 g/mol. The van der Waals surface area contributed by atoms with Crippen LogP contribution in [0.3, 0.4) is 0 Å². The van der Waals surface area contributed by atoms with Crippen molar-refractivity contribution in [3.63, 3.8) is 0 Å². The van der Waals surface area contributed by atoms with Gasteiger partial charge in [-0.1, -0.05) is 0 Å². The van der Waals surface area contributed by atoms with Gasteiger partial charge in [0.05, 0.1) is 11.2 Å². The second kappa shape index (κ2) is 4.76. The van der Waals surface area contributed by atoms with Crippen molar-refractivity contribution in [1.82, 2.24) is 9.88 Å². The Morgan fingerprint density at radius 2 is 2.17 bits per heavy atom. The highest BCUT2D eigenvalue weighted by molar-refractivity contribution is 5.95. The van der Waals surface area contributed by atoms with Crippen LogP contribution in [0, 0.1) is 13.8 Å². The van der Waals surface area contributed by atoms with Crippen LogP contribution in [0.4, 0.5) is 0 Å². The summed E-state index contributed by atoms with van der Waals surface area (Å²) in [6.45, 7) is 7.27. The summed E-state index contributed by atoms with van der Waals surface area (Å²) in [5.41, 5.74) is 2.15. The first kappa shape index (κ1) is 13.1. The molecule has 0 radical (unpaired) electrons. The molecular weight excluding hydrogens is 228 g/mol. The van der Waals surface area contributed by atoms with E-state index < -0.39 is 5.60 Å². The number of hydrogen-bond acceptors (Lipinski definition) is 2. The number of rotatable bonds is 4. The van der Waals surface area contributed by atoms with E-state index in [0.717, 1.165) is 42.8 Å². The van der Waals surface area contributed by atoms with Crippen LogP contribution in [-0.4, -0.2) is 27.7 Å². The molecular formula is C14H22N2O2. The van der Waals surface area contributed by atoms with Crippen molar-refractivity contribution in [1.29, 1.82) is 0 Å². The minimum atomic E-state index is -0.661. The van der Waals surface area contributed by atoms with Crippen molar-refractivity contribution < 1.29 is 9.90 Å².